The van der Waals surface area contributed by atoms with E-state index < -0.39 is 36.7 Å². The van der Waals surface area contributed by atoms with Crippen molar-refractivity contribution in [3.63, 3.8) is 0 Å². The maximum absolute atomic E-state index is 12.2. The highest BCUT2D eigenvalue weighted by Gasteiger charge is 2.60. The van der Waals surface area contributed by atoms with Crippen LogP contribution in [0, 0.1) is 0 Å². The zero-order chi connectivity index (χ0) is 14.1. The average Bonchev–Trinajstić information content (AvgIpc) is 2.16. The maximum Gasteiger partial charge on any atom is 0.423 e. The third-order valence-electron chi connectivity index (χ3n) is 2.56. The molecule has 1 rings (SSSR count). The van der Waals surface area contributed by atoms with Crippen LogP contribution in [0.2, 0.25) is 0 Å². The topological polar surface area (TPSA) is 44.5 Å². The first kappa shape index (κ1) is 15.5. The van der Waals surface area contributed by atoms with E-state index in [1.807, 2.05) is 0 Å². The molecule has 0 saturated heterocycles. The van der Waals surface area contributed by atoms with Crippen molar-refractivity contribution in [1.82, 2.24) is 0 Å². The van der Waals surface area contributed by atoms with Crippen molar-refractivity contribution < 1.29 is 35.8 Å². The van der Waals surface area contributed by atoms with Crippen LogP contribution in [0.3, 0.4) is 0 Å². The molecule has 18 heavy (non-hydrogen) atoms. The summed E-state index contributed by atoms with van der Waals surface area (Å²) >= 11 is 0. The van der Waals surface area contributed by atoms with E-state index in [1.54, 1.807) is 6.92 Å². The van der Waals surface area contributed by atoms with Gasteiger partial charge in [-0.05, 0) is 13.3 Å². The number of nitrogens with two attached hydrogens (primary N) is 1. The van der Waals surface area contributed by atoms with Gasteiger partial charge in [0.05, 0.1) is 12.2 Å². The lowest BCUT2D eigenvalue weighted by Crippen LogP contribution is -2.61. The van der Waals surface area contributed by atoms with Gasteiger partial charge in [0.1, 0.15) is 0 Å². The Balaban J connectivity index is 2.68. The Kier molecular flexibility index (Phi) is 4.50. The zero-order valence-electron chi connectivity index (χ0n) is 9.39. The molecule has 0 heterocycles. The molecule has 0 amide bonds. The Morgan fingerprint density at radius 3 is 2.00 bits per heavy atom. The van der Waals surface area contributed by atoms with Gasteiger partial charge in [0, 0.05) is 12.6 Å². The van der Waals surface area contributed by atoms with Crippen LogP contribution in [0.5, 0.6) is 0 Å². The predicted molar refractivity (Wildman–Crippen MR) is 48.8 cm³/mol. The van der Waals surface area contributed by atoms with Crippen molar-refractivity contribution in [2.24, 2.45) is 5.73 Å². The first-order valence-electron chi connectivity index (χ1n) is 5.23. The van der Waals surface area contributed by atoms with Crippen LogP contribution in [0.4, 0.5) is 26.3 Å². The fourth-order valence-corrected chi connectivity index (χ4v) is 1.69. The Morgan fingerprint density at radius 2 is 1.67 bits per heavy atom. The molecule has 9 heteroatoms. The van der Waals surface area contributed by atoms with E-state index in [-0.39, 0.29) is 13.0 Å². The van der Waals surface area contributed by atoms with Gasteiger partial charge in [-0.1, -0.05) is 0 Å². The van der Waals surface area contributed by atoms with Crippen LogP contribution in [0.25, 0.3) is 0 Å². The van der Waals surface area contributed by atoms with Crippen molar-refractivity contribution >= 4 is 0 Å². The molecule has 0 radical (unpaired) electrons. The van der Waals surface area contributed by atoms with Gasteiger partial charge in [-0.25, -0.2) is 0 Å². The summed E-state index contributed by atoms with van der Waals surface area (Å²) in [7, 11) is 0. The molecule has 1 aliphatic rings. The van der Waals surface area contributed by atoms with E-state index in [9.17, 15) is 26.3 Å². The van der Waals surface area contributed by atoms with Crippen LogP contribution in [-0.2, 0) is 9.47 Å². The Labute approximate surface area is 99.2 Å². The van der Waals surface area contributed by atoms with Gasteiger partial charge in [-0.2, -0.15) is 26.3 Å². The summed E-state index contributed by atoms with van der Waals surface area (Å²) in [5, 5.41) is 0. The zero-order valence-corrected chi connectivity index (χ0v) is 9.39. The van der Waals surface area contributed by atoms with Gasteiger partial charge in [-0.3, -0.25) is 0 Å². The Hall–Kier alpha value is -0.540. The lowest BCUT2D eigenvalue weighted by atomic mass is 9.86. The highest BCUT2D eigenvalue weighted by atomic mass is 19.4. The van der Waals surface area contributed by atoms with Gasteiger partial charge in [-0.15, -0.1) is 0 Å². The van der Waals surface area contributed by atoms with Gasteiger partial charge in [0.25, 0.3) is 0 Å². The maximum atomic E-state index is 12.2. The van der Waals surface area contributed by atoms with Gasteiger partial charge >= 0.3 is 12.4 Å². The molecule has 0 aromatic carbocycles. The molecular weight excluding hydrogens is 268 g/mol. The number of hydrogen-bond acceptors (Lipinski definition) is 3. The molecule has 3 atom stereocenters. The van der Waals surface area contributed by atoms with Crippen molar-refractivity contribution in [2.75, 3.05) is 6.61 Å². The van der Waals surface area contributed by atoms with Gasteiger partial charge in [0.2, 0.25) is 6.10 Å². The van der Waals surface area contributed by atoms with Crippen LogP contribution in [-0.4, -0.2) is 43.3 Å². The minimum absolute atomic E-state index is 0.0900. The lowest BCUT2D eigenvalue weighted by Gasteiger charge is -2.43. The molecule has 3 nitrogen and oxygen atoms in total. The van der Waals surface area contributed by atoms with E-state index in [0.29, 0.717) is 0 Å². The summed E-state index contributed by atoms with van der Waals surface area (Å²) in [6.45, 7) is 1.70. The van der Waals surface area contributed by atoms with Crippen molar-refractivity contribution in [2.45, 2.75) is 50.1 Å². The first-order chi connectivity index (χ1) is 8.07. The normalized spacial score (nSPS) is 29.5. The second kappa shape index (κ2) is 5.22. The van der Waals surface area contributed by atoms with Gasteiger partial charge in [0.15, 0.2) is 0 Å². The first-order valence-corrected chi connectivity index (χ1v) is 5.23. The average molecular weight is 281 g/mol. The number of hydrogen-bond donors (Lipinski definition) is 1. The molecule has 3 unspecified atom stereocenters. The molecule has 0 bridgehead atoms. The van der Waals surface area contributed by atoms with Crippen molar-refractivity contribution in [1.29, 1.82) is 0 Å². The van der Waals surface area contributed by atoms with Crippen LogP contribution in [0.1, 0.15) is 13.3 Å². The summed E-state index contributed by atoms with van der Waals surface area (Å²) in [5.74, 6) is 0. The quantitative estimate of drug-likeness (QED) is 0.802. The van der Waals surface area contributed by atoms with Crippen LogP contribution in [0.15, 0.2) is 0 Å². The van der Waals surface area contributed by atoms with Gasteiger partial charge < -0.3 is 15.2 Å². The highest BCUT2D eigenvalue weighted by molar-refractivity contribution is 4.96. The summed E-state index contributed by atoms with van der Waals surface area (Å²) in [5.41, 5.74) is 5.43. The third kappa shape index (κ3) is 3.48. The molecule has 0 aliphatic heterocycles. The largest absolute Gasteiger partial charge is 0.423 e. The number of ether oxygens (including phenoxy) is 2. The minimum atomic E-state index is -5.51. The van der Waals surface area contributed by atoms with E-state index in [2.05, 4.69) is 4.74 Å². The molecule has 1 saturated carbocycles. The molecule has 1 fully saturated rings. The lowest BCUT2D eigenvalue weighted by molar-refractivity contribution is -0.344. The second-order valence-corrected chi connectivity index (χ2v) is 3.96. The van der Waals surface area contributed by atoms with Crippen molar-refractivity contribution in [3.8, 4) is 0 Å². The number of halogens is 6. The number of rotatable bonds is 4. The second-order valence-electron chi connectivity index (χ2n) is 3.96. The Morgan fingerprint density at radius 1 is 1.17 bits per heavy atom. The number of alkyl halides is 6. The molecule has 2 N–H and O–H groups in total. The highest BCUT2D eigenvalue weighted by Crippen LogP contribution is 2.39. The standard InChI is InChI=1S/C9H13F6NO2/c1-2-17-6-4(16)3-5(6)18-7(8(10,11)12)9(13,14)15/h4-7H,2-3,16H2,1H3. The van der Waals surface area contributed by atoms with E-state index in [1.165, 1.54) is 0 Å². The molecule has 0 aromatic rings. The summed E-state index contributed by atoms with van der Waals surface area (Å²) in [4.78, 5) is 0. The third-order valence-corrected chi connectivity index (χ3v) is 2.56. The van der Waals surface area contributed by atoms with Crippen LogP contribution >= 0.6 is 0 Å². The van der Waals surface area contributed by atoms with E-state index in [0.717, 1.165) is 0 Å². The van der Waals surface area contributed by atoms with E-state index >= 15 is 0 Å². The summed E-state index contributed by atoms with van der Waals surface area (Å²) in [6.07, 6.45) is -17.1. The monoisotopic (exact) mass is 281 g/mol. The fourth-order valence-electron chi connectivity index (χ4n) is 1.69. The molecule has 1 aliphatic carbocycles. The Bertz CT molecular complexity index is 265. The predicted octanol–water partition coefficient (Wildman–Crippen LogP) is 2.00. The van der Waals surface area contributed by atoms with Crippen molar-refractivity contribution in [3.05, 3.63) is 0 Å². The molecule has 0 aromatic heterocycles. The summed E-state index contributed by atoms with van der Waals surface area (Å²) in [6, 6.07) is -0.600. The smallest absolute Gasteiger partial charge is 0.374 e. The summed E-state index contributed by atoms with van der Waals surface area (Å²) < 4.78 is 82.4. The molecule has 0 spiro atoms. The SMILES string of the molecule is CCOC1C(N)CC1OC(C(F)(F)F)C(F)(F)F. The van der Waals surface area contributed by atoms with E-state index in [4.69, 9.17) is 10.5 Å². The molecule has 108 valence electrons. The van der Waals surface area contributed by atoms with Crippen LogP contribution < -0.4 is 5.73 Å². The molecular formula is C9H13F6NO2. The minimum Gasteiger partial charge on any atom is -0.374 e. The fraction of sp³-hybridized carbons (Fsp3) is 1.00.